The number of carbonyl (C=O) groups excluding carboxylic acids is 2. The summed E-state index contributed by atoms with van der Waals surface area (Å²) in [6.45, 7) is 1.32. The van der Waals surface area contributed by atoms with Crippen LogP contribution in [0.3, 0.4) is 0 Å². The smallest absolute Gasteiger partial charge is 0.488 e. The zero-order valence-electron chi connectivity index (χ0n) is 28.4. The Hall–Kier alpha value is -4.86. The number of benzene rings is 3. The van der Waals surface area contributed by atoms with Crippen molar-refractivity contribution in [2.45, 2.75) is 25.1 Å². The lowest BCUT2D eigenvalue weighted by Crippen LogP contribution is -2.38. The van der Waals surface area contributed by atoms with E-state index in [0.717, 1.165) is 17.0 Å². The molecule has 2 saturated heterocycles. The number of halogens is 9. The van der Waals surface area contributed by atoms with E-state index < -0.39 is 70.3 Å². The third kappa shape index (κ3) is 11.1. The summed E-state index contributed by atoms with van der Waals surface area (Å²) in [4.78, 5) is 39.9. The van der Waals surface area contributed by atoms with Gasteiger partial charge >= 0.3 is 24.7 Å². The minimum absolute atomic E-state index is 0.0264. The van der Waals surface area contributed by atoms with Crippen LogP contribution in [0.15, 0.2) is 59.5 Å². The molecule has 21 heteroatoms. The van der Waals surface area contributed by atoms with Crippen LogP contribution < -0.4 is 14.8 Å². The summed E-state index contributed by atoms with van der Waals surface area (Å²) >= 11 is 5.98. The van der Waals surface area contributed by atoms with Crippen molar-refractivity contribution in [3.8, 4) is 22.6 Å². The van der Waals surface area contributed by atoms with E-state index in [1.807, 2.05) is 4.90 Å². The van der Waals surface area contributed by atoms with Crippen LogP contribution in [0.5, 0.6) is 11.5 Å². The number of aromatic carboxylic acids is 1. The number of nitrogens with one attached hydrogen (secondary N) is 1. The first kappa shape index (κ1) is 42.3. The molecule has 0 spiro atoms. The summed E-state index contributed by atoms with van der Waals surface area (Å²) in [5.74, 6) is -4.33. The highest BCUT2D eigenvalue weighted by Crippen LogP contribution is 2.45. The average Bonchev–Trinajstić information content (AvgIpc) is 3.37. The third-order valence-electron chi connectivity index (χ3n) is 8.13. The highest BCUT2D eigenvalue weighted by molar-refractivity contribution is 8.26. The lowest BCUT2D eigenvalue weighted by Gasteiger charge is -2.27. The maximum Gasteiger partial charge on any atom is 0.573 e. The first-order valence-electron chi connectivity index (χ1n) is 16.2. The second-order valence-electron chi connectivity index (χ2n) is 12.1. The lowest BCUT2D eigenvalue weighted by molar-refractivity contribution is -0.275. The fourth-order valence-corrected chi connectivity index (χ4v) is 6.74. The van der Waals surface area contributed by atoms with Gasteiger partial charge in [-0.1, -0.05) is 24.0 Å². The molecule has 0 radical (unpaired) electrons. The predicted molar refractivity (Wildman–Crippen MR) is 188 cm³/mol. The van der Waals surface area contributed by atoms with Crippen molar-refractivity contribution in [2.24, 2.45) is 0 Å². The lowest BCUT2D eigenvalue weighted by atomic mass is 9.96. The van der Waals surface area contributed by atoms with Crippen LogP contribution in [0.1, 0.15) is 33.5 Å². The first-order valence-corrected chi connectivity index (χ1v) is 17.5. The minimum atomic E-state index is -5.41. The summed E-state index contributed by atoms with van der Waals surface area (Å²) in [6.07, 6.45) is -15.3. The molecular weight excluding hydrogens is 810 g/mol. The maximum atomic E-state index is 13.8. The highest BCUT2D eigenvalue weighted by Gasteiger charge is 2.38. The number of thiocarbonyl (C=S) groups is 1. The number of carbonyl (C=O) groups is 3. The van der Waals surface area contributed by atoms with Crippen LogP contribution in [-0.4, -0.2) is 89.4 Å². The number of rotatable bonds is 12. The van der Waals surface area contributed by atoms with Crippen molar-refractivity contribution in [2.75, 3.05) is 51.3 Å². The van der Waals surface area contributed by atoms with Gasteiger partial charge in [0.25, 0.3) is 5.91 Å². The number of alkyl halides is 9. The molecule has 0 unspecified atom stereocenters. The number of carboxylic acid groups (broad SMARTS) is 1. The monoisotopic (exact) mass is 837 g/mol. The van der Waals surface area contributed by atoms with E-state index in [0.29, 0.717) is 56.3 Å². The molecule has 56 heavy (non-hydrogen) atoms. The largest absolute Gasteiger partial charge is 0.573 e. The van der Waals surface area contributed by atoms with E-state index in [1.54, 1.807) is 0 Å². The zero-order chi connectivity index (χ0) is 41.0. The number of hydrogen-bond acceptors (Lipinski definition) is 9. The van der Waals surface area contributed by atoms with E-state index in [-0.39, 0.29) is 58.2 Å². The molecule has 2 aliphatic heterocycles. The Morgan fingerprint density at radius 3 is 2.07 bits per heavy atom. The molecule has 2 amide bonds. The van der Waals surface area contributed by atoms with Crippen molar-refractivity contribution in [3.05, 3.63) is 81.8 Å². The van der Waals surface area contributed by atoms with E-state index in [2.05, 4.69) is 10.1 Å². The predicted octanol–water partition coefficient (Wildman–Crippen LogP) is 7.93. The third-order valence-corrected chi connectivity index (χ3v) is 9.50. The van der Waals surface area contributed by atoms with Crippen molar-refractivity contribution in [3.63, 3.8) is 0 Å². The van der Waals surface area contributed by atoms with E-state index >= 15 is 0 Å². The Kier molecular flexibility index (Phi) is 12.9. The Labute approximate surface area is 321 Å². The molecule has 0 bridgehead atoms. The van der Waals surface area contributed by atoms with Crippen LogP contribution in [0.2, 0.25) is 0 Å². The van der Waals surface area contributed by atoms with Gasteiger partial charge in [0.1, 0.15) is 10.9 Å². The molecule has 2 fully saturated rings. The van der Waals surface area contributed by atoms with Crippen LogP contribution in [0.25, 0.3) is 17.2 Å². The number of morpholine rings is 1. The quantitative estimate of drug-likeness (QED) is 0.106. The normalized spacial score (nSPS) is 16.4. The topological polar surface area (TPSA) is 118 Å². The molecule has 2 N–H and O–H groups in total. The molecule has 5 rings (SSSR count). The number of amides is 2. The van der Waals surface area contributed by atoms with Crippen molar-refractivity contribution in [1.82, 2.24) is 9.80 Å². The van der Waals surface area contributed by atoms with Gasteiger partial charge in [-0.15, -0.1) is 13.2 Å². The number of ether oxygens (including phenoxy) is 3. The summed E-state index contributed by atoms with van der Waals surface area (Å²) < 4.78 is 139. The Morgan fingerprint density at radius 1 is 0.893 bits per heavy atom. The maximum absolute atomic E-state index is 13.8. The van der Waals surface area contributed by atoms with Gasteiger partial charge in [0.2, 0.25) is 5.91 Å². The molecule has 3 aromatic rings. The second kappa shape index (κ2) is 17.1. The Bertz CT molecular complexity index is 1980. The van der Waals surface area contributed by atoms with Gasteiger partial charge in [0, 0.05) is 43.9 Å². The van der Waals surface area contributed by atoms with E-state index in [1.165, 1.54) is 24.3 Å². The van der Waals surface area contributed by atoms with Crippen LogP contribution in [0, 0.1) is 0 Å². The fraction of sp³-hybridized carbons (Fsp3) is 0.314. The summed E-state index contributed by atoms with van der Waals surface area (Å²) in [5, 5.41) is 11.6. The highest BCUT2D eigenvalue weighted by atomic mass is 32.2. The Morgan fingerprint density at radius 2 is 1.50 bits per heavy atom. The van der Waals surface area contributed by atoms with Gasteiger partial charge in [-0.2, -0.15) is 26.3 Å². The van der Waals surface area contributed by atoms with Crippen LogP contribution >= 0.6 is 24.0 Å². The molecule has 2 heterocycles. The first-order chi connectivity index (χ1) is 26.2. The van der Waals surface area contributed by atoms with Gasteiger partial charge in [-0.05, 0) is 71.8 Å². The SMILES string of the molecule is O=C(CCN1C(=O)C(=Cc2cc(-c3cc(C(F)(F)F)cc(C(F)(F)F)c3)cc(OC(F)(F)F)c2OCCN2CCOCC2)SC1=S)Nc1ccc(C(=O)O)cc1. The average molecular weight is 838 g/mol. The van der Waals surface area contributed by atoms with E-state index in [9.17, 15) is 53.9 Å². The van der Waals surface area contributed by atoms with E-state index in [4.69, 9.17) is 26.8 Å². The van der Waals surface area contributed by atoms with Crippen LogP contribution in [0.4, 0.5) is 45.2 Å². The molecule has 0 aromatic heterocycles. The van der Waals surface area contributed by atoms with Crippen molar-refractivity contribution < 1.29 is 73.2 Å². The number of thioether (sulfide) groups is 1. The molecule has 2 aliphatic rings. The van der Waals surface area contributed by atoms with Gasteiger partial charge in [0.05, 0.1) is 34.8 Å². The molecular formula is C35H28F9N3O7S2. The molecule has 0 aliphatic carbocycles. The number of anilines is 1. The van der Waals surface area contributed by atoms with Crippen molar-refractivity contribution in [1.29, 1.82) is 0 Å². The minimum Gasteiger partial charge on any atom is -0.488 e. The second-order valence-corrected chi connectivity index (χ2v) is 13.7. The van der Waals surface area contributed by atoms with Crippen LogP contribution in [-0.2, 0) is 26.7 Å². The van der Waals surface area contributed by atoms with Gasteiger partial charge in [0.15, 0.2) is 11.5 Å². The van der Waals surface area contributed by atoms with Gasteiger partial charge < -0.3 is 24.6 Å². The number of nitrogens with zero attached hydrogens (tertiary/aromatic N) is 2. The van der Waals surface area contributed by atoms with Gasteiger partial charge in [-0.25, -0.2) is 4.79 Å². The number of hydrogen-bond donors (Lipinski definition) is 2. The molecule has 3 aromatic carbocycles. The fourth-order valence-electron chi connectivity index (χ4n) is 5.44. The summed E-state index contributed by atoms with van der Waals surface area (Å²) in [6, 6.07) is 7.27. The Balaban J connectivity index is 1.51. The molecule has 0 atom stereocenters. The summed E-state index contributed by atoms with van der Waals surface area (Å²) in [7, 11) is 0. The molecule has 0 saturated carbocycles. The van der Waals surface area contributed by atoms with Gasteiger partial charge in [-0.3, -0.25) is 19.4 Å². The molecule has 300 valence electrons. The van der Waals surface area contributed by atoms with Crippen molar-refractivity contribution >= 4 is 57.8 Å². The standard InChI is InChI=1S/C35H28F9N3O7S2/c36-33(37,38)23-14-21(15-24(18-23)34(39,40)41)20-13-22(29(26(16-20)54-35(42,43)44)53-12-9-46-7-10-52-11-8-46)17-27-30(49)47(32(55)56-27)6-5-28(48)45-25-3-1-19(2-4-25)31(50)51/h1-4,13-18H,5-12H2,(H,45,48)(H,50,51). The molecule has 10 nitrogen and oxygen atoms in total. The number of carboxylic acids is 1. The summed E-state index contributed by atoms with van der Waals surface area (Å²) in [5.41, 5.74) is -4.95. The zero-order valence-corrected chi connectivity index (χ0v) is 30.1.